The summed E-state index contributed by atoms with van der Waals surface area (Å²) in [6.45, 7) is 0.0257. The molecule has 2 N–H and O–H groups in total. The maximum Gasteiger partial charge on any atom is 0.285 e. The van der Waals surface area contributed by atoms with Crippen LogP contribution in [0.15, 0.2) is 46.9 Å². The first-order valence-electron chi connectivity index (χ1n) is 7.27. The fourth-order valence-corrected chi connectivity index (χ4v) is 3.23. The van der Waals surface area contributed by atoms with Gasteiger partial charge in [-0.15, -0.1) is 5.06 Å². The lowest BCUT2D eigenvalue weighted by Gasteiger charge is -2.17. The fraction of sp³-hybridized carbons (Fsp3) is 0.176. The van der Waals surface area contributed by atoms with E-state index in [1.165, 1.54) is 0 Å². The highest BCUT2D eigenvalue weighted by atomic mass is 79.9. The minimum atomic E-state index is -0.468. The molecule has 0 bridgehead atoms. The summed E-state index contributed by atoms with van der Waals surface area (Å²) in [5.74, 6) is -0.936. The number of hydroxylamine groups is 2. The van der Waals surface area contributed by atoms with Gasteiger partial charge in [0.25, 0.3) is 11.8 Å². The van der Waals surface area contributed by atoms with Crippen LogP contribution in [0.3, 0.4) is 0 Å². The third kappa shape index (κ3) is 3.37. The fourth-order valence-electron chi connectivity index (χ4n) is 2.48. The van der Waals surface area contributed by atoms with Gasteiger partial charge >= 0.3 is 0 Å². The number of amides is 2. The van der Waals surface area contributed by atoms with Crippen molar-refractivity contribution in [3.8, 4) is 0 Å². The number of nitrogens with two attached hydrogens (primary N) is 1. The lowest BCUT2D eigenvalue weighted by Crippen LogP contribution is -2.37. The van der Waals surface area contributed by atoms with Crippen LogP contribution in [0, 0.1) is 0 Å². The van der Waals surface area contributed by atoms with E-state index in [4.69, 9.17) is 22.2 Å². The van der Waals surface area contributed by atoms with Gasteiger partial charge in [-0.1, -0.05) is 45.7 Å². The second-order valence-electron chi connectivity index (χ2n) is 5.45. The van der Waals surface area contributed by atoms with E-state index >= 15 is 0 Å². The lowest BCUT2D eigenvalue weighted by atomic mass is 10.1. The normalized spacial score (nSPS) is 14.9. The summed E-state index contributed by atoms with van der Waals surface area (Å²) in [4.78, 5) is 29.7. The van der Waals surface area contributed by atoms with Crippen LogP contribution in [0.5, 0.6) is 0 Å². The number of carbonyl (C=O) groups excluding carboxylic acids is 2. The van der Waals surface area contributed by atoms with Gasteiger partial charge in [0.1, 0.15) is 0 Å². The van der Waals surface area contributed by atoms with Gasteiger partial charge in [-0.25, -0.2) is 0 Å². The van der Waals surface area contributed by atoms with Crippen LogP contribution in [0.1, 0.15) is 26.3 Å². The molecule has 0 aromatic heterocycles. The maximum absolute atomic E-state index is 12.2. The van der Waals surface area contributed by atoms with Crippen molar-refractivity contribution in [2.45, 2.75) is 12.5 Å². The smallest absolute Gasteiger partial charge is 0.285 e. The molecule has 0 fully saturated rings. The van der Waals surface area contributed by atoms with Crippen LogP contribution in [-0.2, 0) is 11.3 Å². The van der Waals surface area contributed by atoms with Crippen LogP contribution in [-0.4, -0.2) is 29.5 Å². The summed E-state index contributed by atoms with van der Waals surface area (Å²) in [5, 5.41) is 1.37. The largest absolute Gasteiger partial charge is 0.325 e. The summed E-state index contributed by atoms with van der Waals surface area (Å²) in [7, 11) is 0. The Hall–Kier alpha value is -1.73. The standard InChI is InChI=1S/C17H14BrClN2O3/c18-11-6-5-10(15(19)8-11)7-12(20)9-24-21-16(22)13-3-1-2-4-14(13)17(21)23/h1-6,8,12H,7,9,20H2/t12-/m0/s1. The molecule has 0 spiro atoms. The molecule has 24 heavy (non-hydrogen) atoms. The van der Waals surface area contributed by atoms with Crippen molar-refractivity contribution < 1.29 is 14.4 Å². The van der Waals surface area contributed by atoms with Crippen LogP contribution >= 0.6 is 27.5 Å². The molecule has 0 saturated heterocycles. The molecule has 7 heteroatoms. The highest BCUT2D eigenvalue weighted by molar-refractivity contribution is 9.10. The van der Waals surface area contributed by atoms with Gasteiger partial charge in [0.15, 0.2) is 0 Å². The molecule has 1 aliphatic heterocycles. The Kier molecular flexibility index (Phi) is 5.01. The number of hydrogen-bond donors (Lipinski definition) is 1. The summed E-state index contributed by atoms with van der Waals surface area (Å²) in [5.41, 5.74) is 7.60. The Morgan fingerprint density at radius 1 is 1.12 bits per heavy atom. The van der Waals surface area contributed by atoms with Crippen molar-refractivity contribution in [1.29, 1.82) is 0 Å². The maximum atomic E-state index is 12.2. The highest BCUT2D eigenvalue weighted by Crippen LogP contribution is 2.24. The zero-order chi connectivity index (χ0) is 17.3. The Labute approximate surface area is 152 Å². The van der Waals surface area contributed by atoms with E-state index in [2.05, 4.69) is 15.9 Å². The van der Waals surface area contributed by atoms with Gasteiger partial charge in [0.2, 0.25) is 0 Å². The number of halogens is 2. The molecule has 124 valence electrons. The minimum absolute atomic E-state index is 0.0257. The van der Waals surface area contributed by atoms with Crippen LogP contribution in [0.2, 0.25) is 5.02 Å². The molecular weight excluding hydrogens is 396 g/mol. The van der Waals surface area contributed by atoms with E-state index in [0.717, 1.165) is 15.1 Å². The molecule has 1 aliphatic rings. The molecule has 2 aromatic rings. The molecule has 0 aliphatic carbocycles. The average Bonchev–Trinajstić information content (AvgIpc) is 2.80. The molecule has 2 amide bonds. The molecule has 1 heterocycles. The molecule has 1 atom stereocenters. The zero-order valence-electron chi connectivity index (χ0n) is 12.5. The van der Waals surface area contributed by atoms with E-state index in [1.807, 2.05) is 12.1 Å². The van der Waals surface area contributed by atoms with Crippen LogP contribution in [0.25, 0.3) is 0 Å². The number of carbonyl (C=O) groups is 2. The first-order chi connectivity index (χ1) is 11.5. The Morgan fingerprint density at radius 3 is 2.33 bits per heavy atom. The van der Waals surface area contributed by atoms with Crippen molar-refractivity contribution in [2.24, 2.45) is 5.73 Å². The third-order valence-corrected chi connectivity index (χ3v) is 4.52. The first-order valence-corrected chi connectivity index (χ1v) is 8.44. The third-order valence-electron chi connectivity index (χ3n) is 3.67. The summed E-state index contributed by atoms with van der Waals surface area (Å²) >= 11 is 9.51. The second-order valence-corrected chi connectivity index (χ2v) is 6.77. The predicted octanol–water partition coefficient (Wildman–Crippen LogP) is 3.20. The van der Waals surface area contributed by atoms with Gasteiger partial charge in [0.05, 0.1) is 17.7 Å². The van der Waals surface area contributed by atoms with E-state index in [9.17, 15) is 9.59 Å². The number of rotatable bonds is 5. The van der Waals surface area contributed by atoms with E-state index in [-0.39, 0.29) is 6.61 Å². The van der Waals surface area contributed by atoms with E-state index in [1.54, 1.807) is 30.3 Å². The van der Waals surface area contributed by atoms with E-state index in [0.29, 0.717) is 22.6 Å². The summed E-state index contributed by atoms with van der Waals surface area (Å²) < 4.78 is 0.882. The lowest BCUT2D eigenvalue weighted by molar-refractivity contribution is -0.0951. The first kappa shape index (κ1) is 17.1. The van der Waals surface area contributed by atoms with Crippen molar-refractivity contribution in [2.75, 3.05) is 6.61 Å². The monoisotopic (exact) mass is 408 g/mol. The Morgan fingerprint density at radius 2 is 1.75 bits per heavy atom. The number of fused-ring (bicyclic) bond motifs is 1. The zero-order valence-corrected chi connectivity index (χ0v) is 14.9. The Bertz CT molecular complexity index is 777. The number of imide groups is 1. The molecule has 3 rings (SSSR count). The molecule has 2 aromatic carbocycles. The summed E-state index contributed by atoms with van der Waals surface area (Å²) in [6.07, 6.45) is 0.468. The minimum Gasteiger partial charge on any atom is -0.325 e. The van der Waals surface area contributed by atoms with E-state index < -0.39 is 17.9 Å². The second kappa shape index (κ2) is 7.03. The molecular formula is C17H14BrClN2O3. The predicted molar refractivity (Wildman–Crippen MR) is 93.7 cm³/mol. The number of benzene rings is 2. The van der Waals surface area contributed by atoms with Gasteiger partial charge in [-0.3, -0.25) is 14.4 Å². The number of nitrogens with zero attached hydrogens (tertiary/aromatic N) is 1. The number of hydrogen-bond acceptors (Lipinski definition) is 4. The van der Waals surface area contributed by atoms with Gasteiger partial charge < -0.3 is 5.73 Å². The van der Waals surface area contributed by atoms with Crippen molar-refractivity contribution in [3.63, 3.8) is 0 Å². The van der Waals surface area contributed by atoms with Gasteiger partial charge in [0, 0.05) is 15.5 Å². The molecule has 0 unspecified atom stereocenters. The summed E-state index contributed by atoms with van der Waals surface area (Å²) in [6, 6.07) is 11.7. The quantitative estimate of drug-likeness (QED) is 0.770. The Balaban J connectivity index is 1.62. The van der Waals surface area contributed by atoms with Crippen molar-refractivity contribution >= 4 is 39.3 Å². The molecule has 5 nitrogen and oxygen atoms in total. The van der Waals surface area contributed by atoms with Crippen molar-refractivity contribution in [3.05, 3.63) is 68.7 Å². The molecule has 0 radical (unpaired) electrons. The van der Waals surface area contributed by atoms with Crippen molar-refractivity contribution in [1.82, 2.24) is 5.06 Å². The average molecular weight is 410 g/mol. The van der Waals surface area contributed by atoms with Gasteiger partial charge in [-0.2, -0.15) is 0 Å². The SMILES string of the molecule is N[C@H](CON1C(=O)c2ccccc2C1=O)Cc1ccc(Br)cc1Cl. The van der Waals surface area contributed by atoms with Crippen LogP contribution < -0.4 is 5.73 Å². The topological polar surface area (TPSA) is 72.6 Å². The molecule has 0 saturated carbocycles. The highest BCUT2D eigenvalue weighted by Gasteiger charge is 2.36. The van der Waals surface area contributed by atoms with Crippen LogP contribution in [0.4, 0.5) is 0 Å². The van der Waals surface area contributed by atoms with Gasteiger partial charge in [-0.05, 0) is 36.2 Å².